The third-order valence-electron chi connectivity index (χ3n) is 1.52. The first-order chi connectivity index (χ1) is 6.74. The summed E-state index contributed by atoms with van der Waals surface area (Å²) in [6.07, 6.45) is 0. The molecule has 0 saturated heterocycles. The van der Waals surface area contributed by atoms with E-state index in [1.54, 1.807) is 0 Å². The van der Waals surface area contributed by atoms with Gasteiger partial charge in [0.15, 0.2) is 10.8 Å². The fourth-order valence-electron chi connectivity index (χ4n) is 0.842. The van der Waals surface area contributed by atoms with Gasteiger partial charge in [-0.3, -0.25) is 4.79 Å². The zero-order valence-electron chi connectivity index (χ0n) is 7.40. The van der Waals surface area contributed by atoms with E-state index in [1.807, 2.05) is 30.3 Å². The zero-order chi connectivity index (χ0) is 10.4. The molecule has 0 unspecified atom stereocenters. The number of benzene rings is 1. The van der Waals surface area contributed by atoms with Gasteiger partial charge in [0.25, 0.3) is 0 Å². The van der Waals surface area contributed by atoms with Crippen LogP contribution in [0.5, 0.6) is 0 Å². The molecular formula is C10H9ClO2S. The Hall–Kier alpha value is -0.930. The van der Waals surface area contributed by atoms with E-state index in [4.69, 9.17) is 28.6 Å². The number of ketones is 1. The van der Waals surface area contributed by atoms with Crippen molar-refractivity contribution in [1.29, 1.82) is 0 Å². The van der Waals surface area contributed by atoms with Gasteiger partial charge in [0.1, 0.15) is 6.61 Å². The standard InChI is InChI=1S/C10H9ClO2S/c11-6-9(12)7-13-10(14)8-4-2-1-3-5-8/h1-5H,6-7H2. The van der Waals surface area contributed by atoms with Crippen LogP contribution in [0.2, 0.25) is 0 Å². The maximum Gasteiger partial charge on any atom is 0.191 e. The smallest absolute Gasteiger partial charge is 0.191 e. The SMILES string of the molecule is O=C(CCl)COC(=S)c1ccccc1. The van der Waals surface area contributed by atoms with Crippen molar-refractivity contribution < 1.29 is 9.53 Å². The van der Waals surface area contributed by atoms with Crippen molar-refractivity contribution in [3.63, 3.8) is 0 Å². The van der Waals surface area contributed by atoms with Crippen LogP contribution in [0.3, 0.4) is 0 Å². The van der Waals surface area contributed by atoms with Crippen LogP contribution in [0.15, 0.2) is 30.3 Å². The highest BCUT2D eigenvalue weighted by atomic mass is 35.5. The summed E-state index contributed by atoms with van der Waals surface area (Å²) >= 11 is 10.3. The molecular weight excluding hydrogens is 220 g/mol. The molecule has 0 fully saturated rings. The van der Waals surface area contributed by atoms with Crippen molar-refractivity contribution in [1.82, 2.24) is 0 Å². The van der Waals surface area contributed by atoms with Crippen molar-refractivity contribution in [2.45, 2.75) is 0 Å². The normalized spacial score (nSPS) is 9.50. The molecule has 2 nitrogen and oxygen atoms in total. The molecule has 1 aromatic carbocycles. The van der Waals surface area contributed by atoms with Crippen LogP contribution < -0.4 is 0 Å². The molecule has 0 atom stereocenters. The number of carbonyl (C=O) groups is 1. The van der Waals surface area contributed by atoms with E-state index in [1.165, 1.54) is 0 Å². The minimum Gasteiger partial charge on any atom is -0.475 e. The molecule has 0 amide bonds. The lowest BCUT2D eigenvalue weighted by atomic mass is 10.2. The van der Waals surface area contributed by atoms with Crippen LogP contribution in [0.1, 0.15) is 5.56 Å². The first kappa shape index (κ1) is 11.1. The predicted molar refractivity (Wildman–Crippen MR) is 59.8 cm³/mol. The fraction of sp³-hybridized carbons (Fsp3) is 0.200. The van der Waals surface area contributed by atoms with Gasteiger partial charge in [-0.1, -0.05) is 30.3 Å². The van der Waals surface area contributed by atoms with Gasteiger partial charge in [-0.2, -0.15) is 0 Å². The Labute approximate surface area is 92.8 Å². The fourth-order valence-corrected chi connectivity index (χ4v) is 1.11. The highest BCUT2D eigenvalue weighted by molar-refractivity contribution is 7.80. The van der Waals surface area contributed by atoms with Crippen LogP contribution in [0.4, 0.5) is 0 Å². The molecule has 0 saturated carbocycles. The number of hydrogen-bond donors (Lipinski definition) is 0. The van der Waals surface area contributed by atoms with Crippen molar-refractivity contribution in [2.24, 2.45) is 0 Å². The lowest BCUT2D eigenvalue weighted by molar-refractivity contribution is -0.118. The maximum absolute atomic E-state index is 10.8. The second-order valence-electron chi connectivity index (χ2n) is 2.61. The monoisotopic (exact) mass is 228 g/mol. The van der Waals surface area contributed by atoms with Crippen LogP contribution in [-0.2, 0) is 9.53 Å². The molecule has 1 rings (SSSR count). The summed E-state index contributed by atoms with van der Waals surface area (Å²) in [5.74, 6) is -0.220. The lowest BCUT2D eigenvalue weighted by Gasteiger charge is -2.05. The quantitative estimate of drug-likeness (QED) is 0.584. The molecule has 0 radical (unpaired) electrons. The van der Waals surface area contributed by atoms with Gasteiger partial charge in [0, 0.05) is 5.56 Å². The van der Waals surface area contributed by atoms with Crippen LogP contribution >= 0.6 is 23.8 Å². The summed E-state index contributed by atoms with van der Waals surface area (Å²) in [4.78, 5) is 10.8. The molecule has 0 bridgehead atoms. The molecule has 4 heteroatoms. The van der Waals surface area contributed by atoms with E-state index in [0.29, 0.717) is 5.05 Å². The molecule has 0 N–H and O–H groups in total. The van der Waals surface area contributed by atoms with Crippen LogP contribution in [0.25, 0.3) is 0 Å². The van der Waals surface area contributed by atoms with E-state index in [9.17, 15) is 4.79 Å². The Morgan fingerprint density at radius 2 is 2.00 bits per heavy atom. The summed E-state index contributed by atoms with van der Waals surface area (Å²) < 4.78 is 5.08. The predicted octanol–water partition coefficient (Wildman–Crippen LogP) is 2.19. The van der Waals surface area contributed by atoms with Crippen LogP contribution in [-0.4, -0.2) is 23.3 Å². The largest absolute Gasteiger partial charge is 0.475 e. The number of carbonyl (C=O) groups excluding carboxylic acids is 1. The van der Waals surface area contributed by atoms with Crippen molar-refractivity contribution in [2.75, 3.05) is 12.5 Å². The minimum atomic E-state index is -0.176. The van der Waals surface area contributed by atoms with Gasteiger partial charge < -0.3 is 4.74 Å². The van der Waals surface area contributed by atoms with Crippen molar-refractivity contribution >= 4 is 34.7 Å². The summed E-state index contributed by atoms with van der Waals surface area (Å²) in [5.41, 5.74) is 0.796. The number of Topliss-reactive ketones (excluding diaryl/α,β-unsaturated/α-hetero) is 1. The highest BCUT2D eigenvalue weighted by Crippen LogP contribution is 2.02. The Morgan fingerprint density at radius 1 is 1.36 bits per heavy atom. The number of rotatable bonds is 4. The second kappa shape index (κ2) is 5.73. The summed E-state index contributed by atoms with van der Waals surface area (Å²) in [5, 5.41) is 0.323. The number of alkyl halides is 1. The molecule has 74 valence electrons. The second-order valence-corrected chi connectivity index (χ2v) is 3.25. The molecule has 0 aliphatic carbocycles. The van der Waals surface area contributed by atoms with Crippen molar-refractivity contribution in [3.8, 4) is 0 Å². The topological polar surface area (TPSA) is 26.3 Å². The third kappa shape index (κ3) is 3.44. The van der Waals surface area contributed by atoms with Gasteiger partial charge in [-0.05, 0) is 12.2 Å². The summed E-state index contributed by atoms with van der Waals surface area (Å²) in [6.45, 7) is -0.0583. The summed E-state index contributed by atoms with van der Waals surface area (Å²) in [6, 6.07) is 9.25. The number of ether oxygens (including phenoxy) is 1. The Kier molecular flexibility index (Phi) is 4.56. The molecule has 0 spiro atoms. The zero-order valence-corrected chi connectivity index (χ0v) is 8.98. The first-order valence-corrected chi connectivity index (χ1v) is 4.98. The molecule has 0 aromatic heterocycles. The van der Waals surface area contributed by atoms with Gasteiger partial charge >= 0.3 is 0 Å². The maximum atomic E-state index is 10.8. The van der Waals surface area contributed by atoms with E-state index >= 15 is 0 Å². The van der Waals surface area contributed by atoms with Gasteiger partial charge in [-0.15, -0.1) is 11.6 Å². The van der Waals surface area contributed by atoms with Gasteiger partial charge in [0.2, 0.25) is 0 Å². The Morgan fingerprint density at radius 3 is 2.57 bits per heavy atom. The van der Waals surface area contributed by atoms with Gasteiger partial charge in [0.05, 0.1) is 5.88 Å². The Balaban J connectivity index is 2.48. The molecule has 1 aromatic rings. The molecule has 14 heavy (non-hydrogen) atoms. The van der Waals surface area contributed by atoms with Crippen LogP contribution in [0, 0.1) is 0 Å². The minimum absolute atomic E-state index is 0.0442. The molecule has 0 aliphatic heterocycles. The van der Waals surface area contributed by atoms with Gasteiger partial charge in [-0.25, -0.2) is 0 Å². The number of thiocarbonyl (C=S) groups is 1. The highest BCUT2D eigenvalue weighted by Gasteiger charge is 2.04. The number of hydrogen-bond acceptors (Lipinski definition) is 3. The lowest BCUT2D eigenvalue weighted by Crippen LogP contribution is -2.13. The van der Waals surface area contributed by atoms with E-state index < -0.39 is 0 Å². The average Bonchev–Trinajstić information content (AvgIpc) is 2.26. The molecule has 0 aliphatic rings. The van der Waals surface area contributed by atoms with Crippen molar-refractivity contribution in [3.05, 3.63) is 35.9 Å². The van der Waals surface area contributed by atoms with E-state index in [-0.39, 0.29) is 18.3 Å². The molecule has 0 heterocycles. The first-order valence-electron chi connectivity index (χ1n) is 4.04. The Bertz CT molecular complexity index is 324. The number of halogens is 1. The van der Waals surface area contributed by atoms with E-state index in [0.717, 1.165) is 5.56 Å². The average molecular weight is 229 g/mol. The summed E-state index contributed by atoms with van der Waals surface area (Å²) in [7, 11) is 0. The van der Waals surface area contributed by atoms with E-state index in [2.05, 4.69) is 0 Å². The third-order valence-corrected chi connectivity index (χ3v) is 2.17.